The number of carbonyl (C=O) groups is 2. The molecule has 1 aromatic carbocycles. The van der Waals surface area contributed by atoms with Crippen molar-refractivity contribution in [2.45, 2.75) is 25.9 Å². The van der Waals surface area contributed by atoms with Crippen molar-refractivity contribution < 1.29 is 23.9 Å². The molecule has 22 heavy (non-hydrogen) atoms. The number of oxime groups is 1. The number of halogens is 1. The van der Waals surface area contributed by atoms with Gasteiger partial charge in [-0.25, -0.2) is 9.59 Å². The van der Waals surface area contributed by atoms with Gasteiger partial charge in [0.2, 0.25) is 0 Å². The number of benzene rings is 1. The molecule has 0 aliphatic carbocycles. The van der Waals surface area contributed by atoms with Crippen molar-refractivity contribution in [2.24, 2.45) is 5.16 Å². The first-order valence-electron chi connectivity index (χ1n) is 6.89. The number of ether oxygens (including phenoxy) is 2. The van der Waals surface area contributed by atoms with Crippen molar-refractivity contribution in [3.8, 4) is 0 Å². The maximum atomic E-state index is 12.2. The molecule has 2 rings (SSSR count). The van der Waals surface area contributed by atoms with E-state index in [0.29, 0.717) is 16.3 Å². The maximum Gasteiger partial charge on any atom is 0.365 e. The highest BCUT2D eigenvalue weighted by Crippen LogP contribution is 2.30. The van der Waals surface area contributed by atoms with Gasteiger partial charge in [0.15, 0.2) is 0 Å². The highest BCUT2D eigenvalue weighted by Gasteiger charge is 2.56. The average Bonchev–Trinajstić information content (AvgIpc) is 2.94. The largest absolute Gasteiger partial charge is 0.462 e. The van der Waals surface area contributed by atoms with Gasteiger partial charge in [0.1, 0.15) is 0 Å². The topological polar surface area (TPSA) is 74.2 Å². The summed E-state index contributed by atoms with van der Waals surface area (Å²) in [6, 6.07) is 6.90. The van der Waals surface area contributed by atoms with E-state index in [0.717, 1.165) is 0 Å². The number of nitrogens with zero attached hydrogens (tertiary/aromatic N) is 1. The van der Waals surface area contributed by atoms with Crippen LogP contribution in [0.3, 0.4) is 0 Å². The van der Waals surface area contributed by atoms with Crippen molar-refractivity contribution in [2.75, 3.05) is 13.2 Å². The summed E-state index contributed by atoms with van der Waals surface area (Å²) in [5.41, 5.74) is -0.782. The monoisotopic (exact) mass is 325 g/mol. The summed E-state index contributed by atoms with van der Waals surface area (Å²) in [5.74, 6) is -1.62. The van der Waals surface area contributed by atoms with Crippen LogP contribution in [0.1, 0.15) is 25.8 Å². The highest BCUT2D eigenvalue weighted by atomic mass is 35.5. The van der Waals surface area contributed by atoms with Crippen LogP contribution in [-0.2, 0) is 23.9 Å². The van der Waals surface area contributed by atoms with E-state index in [9.17, 15) is 9.59 Å². The zero-order valence-electron chi connectivity index (χ0n) is 12.3. The summed E-state index contributed by atoms with van der Waals surface area (Å²) >= 11 is 5.94. The van der Waals surface area contributed by atoms with Crippen molar-refractivity contribution in [1.29, 1.82) is 0 Å². The van der Waals surface area contributed by atoms with Gasteiger partial charge in [-0.3, -0.25) is 0 Å². The molecular weight excluding hydrogens is 310 g/mol. The molecular formula is C15H16ClNO5. The van der Waals surface area contributed by atoms with Crippen LogP contribution in [0.2, 0.25) is 5.02 Å². The Morgan fingerprint density at radius 2 is 1.91 bits per heavy atom. The summed E-state index contributed by atoms with van der Waals surface area (Å²) < 4.78 is 9.88. The van der Waals surface area contributed by atoms with E-state index in [1.165, 1.54) is 0 Å². The van der Waals surface area contributed by atoms with Crippen molar-refractivity contribution >= 4 is 29.3 Å². The standard InChI is InChI=1S/C15H16ClNO5/c1-3-20-13(18)15(14(19)21-4-2)9-12(17-22-15)10-6-5-7-11(16)8-10/h5-8H,3-4,9H2,1-2H3. The van der Waals surface area contributed by atoms with E-state index in [4.69, 9.17) is 25.9 Å². The fraction of sp³-hybridized carbons (Fsp3) is 0.400. The Hall–Kier alpha value is -2.08. The Morgan fingerprint density at radius 1 is 1.27 bits per heavy atom. The Morgan fingerprint density at radius 3 is 2.45 bits per heavy atom. The summed E-state index contributed by atoms with van der Waals surface area (Å²) in [5, 5.41) is 4.38. The van der Waals surface area contributed by atoms with Gasteiger partial charge in [-0.2, -0.15) is 0 Å². The quantitative estimate of drug-likeness (QED) is 0.613. The SMILES string of the molecule is CCOC(=O)C1(C(=O)OCC)CC(c2cccc(Cl)c2)=NO1. The molecule has 0 N–H and O–H groups in total. The van der Waals surface area contributed by atoms with Crippen LogP contribution >= 0.6 is 11.6 Å². The number of carbonyl (C=O) groups excluding carboxylic acids is 2. The van der Waals surface area contributed by atoms with E-state index in [1.807, 2.05) is 0 Å². The van der Waals surface area contributed by atoms with Crippen LogP contribution in [0, 0.1) is 0 Å². The van der Waals surface area contributed by atoms with Crippen LogP contribution in [0.15, 0.2) is 29.4 Å². The van der Waals surface area contributed by atoms with Gasteiger partial charge in [-0.15, -0.1) is 0 Å². The lowest BCUT2D eigenvalue weighted by atomic mass is 9.94. The van der Waals surface area contributed by atoms with Crippen molar-refractivity contribution in [3.63, 3.8) is 0 Å². The lowest BCUT2D eigenvalue weighted by Crippen LogP contribution is -2.49. The van der Waals surface area contributed by atoms with E-state index in [2.05, 4.69) is 5.16 Å². The molecule has 0 saturated carbocycles. The lowest BCUT2D eigenvalue weighted by molar-refractivity contribution is -0.187. The molecule has 118 valence electrons. The van der Waals surface area contributed by atoms with Gasteiger partial charge >= 0.3 is 17.5 Å². The molecule has 7 heteroatoms. The summed E-state index contributed by atoms with van der Waals surface area (Å²) in [7, 11) is 0. The first kappa shape index (κ1) is 16.3. The second-order valence-corrected chi connectivity index (χ2v) is 5.02. The van der Waals surface area contributed by atoms with E-state index < -0.39 is 17.5 Å². The molecule has 0 amide bonds. The molecule has 1 heterocycles. The molecule has 0 radical (unpaired) electrons. The third-order valence-electron chi connectivity index (χ3n) is 3.10. The van der Waals surface area contributed by atoms with Gasteiger partial charge in [-0.05, 0) is 26.0 Å². The zero-order chi connectivity index (χ0) is 16.2. The molecule has 0 fully saturated rings. The second-order valence-electron chi connectivity index (χ2n) is 4.58. The lowest BCUT2D eigenvalue weighted by Gasteiger charge is -2.21. The number of esters is 2. The van der Waals surface area contributed by atoms with Crippen LogP contribution in [0.4, 0.5) is 0 Å². The molecule has 1 aliphatic rings. The highest BCUT2D eigenvalue weighted by molar-refractivity contribution is 6.31. The van der Waals surface area contributed by atoms with Crippen LogP contribution in [0.5, 0.6) is 0 Å². The molecule has 1 aromatic rings. The smallest absolute Gasteiger partial charge is 0.365 e. The predicted molar refractivity (Wildman–Crippen MR) is 79.7 cm³/mol. The summed E-state index contributed by atoms with van der Waals surface area (Å²) in [6.07, 6.45) is -0.0645. The molecule has 0 saturated heterocycles. The summed E-state index contributed by atoms with van der Waals surface area (Å²) in [4.78, 5) is 29.5. The molecule has 0 atom stereocenters. The molecule has 0 spiro atoms. The molecule has 0 bridgehead atoms. The summed E-state index contributed by atoms with van der Waals surface area (Å²) in [6.45, 7) is 3.53. The average molecular weight is 326 g/mol. The predicted octanol–water partition coefficient (Wildman–Crippen LogP) is 2.33. The van der Waals surface area contributed by atoms with E-state index in [-0.39, 0.29) is 19.6 Å². The first-order valence-corrected chi connectivity index (χ1v) is 7.26. The number of rotatable bonds is 5. The zero-order valence-corrected chi connectivity index (χ0v) is 13.1. The second kappa shape index (κ2) is 6.79. The van der Waals surface area contributed by atoms with E-state index in [1.54, 1.807) is 38.1 Å². The normalized spacial score (nSPS) is 15.7. The maximum absolute atomic E-state index is 12.2. The Labute approximate surface area is 133 Å². The molecule has 0 unspecified atom stereocenters. The third-order valence-corrected chi connectivity index (χ3v) is 3.33. The Balaban J connectivity index is 2.28. The van der Waals surface area contributed by atoms with Crippen molar-refractivity contribution in [3.05, 3.63) is 34.9 Å². The Bertz CT molecular complexity index is 596. The molecule has 1 aliphatic heterocycles. The first-order chi connectivity index (χ1) is 10.5. The minimum absolute atomic E-state index is 0.0645. The molecule has 0 aromatic heterocycles. The van der Waals surface area contributed by atoms with Gasteiger partial charge in [-0.1, -0.05) is 28.9 Å². The fourth-order valence-electron chi connectivity index (χ4n) is 2.05. The van der Waals surface area contributed by atoms with Gasteiger partial charge in [0.05, 0.1) is 25.3 Å². The minimum Gasteiger partial charge on any atom is -0.462 e. The van der Waals surface area contributed by atoms with E-state index >= 15 is 0 Å². The third kappa shape index (κ3) is 3.06. The van der Waals surface area contributed by atoms with Crippen LogP contribution in [-0.4, -0.2) is 36.5 Å². The number of hydrogen-bond donors (Lipinski definition) is 0. The van der Waals surface area contributed by atoms with Crippen LogP contribution in [0.25, 0.3) is 0 Å². The number of hydrogen-bond acceptors (Lipinski definition) is 6. The Kier molecular flexibility index (Phi) is 5.03. The van der Waals surface area contributed by atoms with Gasteiger partial charge in [0, 0.05) is 10.6 Å². The fourth-order valence-corrected chi connectivity index (χ4v) is 2.24. The van der Waals surface area contributed by atoms with Gasteiger partial charge < -0.3 is 14.3 Å². The van der Waals surface area contributed by atoms with Crippen molar-refractivity contribution in [1.82, 2.24) is 0 Å². The minimum atomic E-state index is -1.89. The molecule has 6 nitrogen and oxygen atoms in total. The van der Waals surface area contributed by atoms with Gasteiger partial charge in [0.25, 0.3) is 0 Å². The van der Waals surface area contributed by atoms with Crippen LogP contribution < -0.4 is 0 Å².